The van der Waals surface area contributed by atoms with Crippen molar-refractivity contribution in [1.82, 2.24) is 9.62 Å². The number of ether oxygens (including phenoxy) is 1. The predicted octanol–water partition coefficient (Wildman–Crippen LogP) is 4.71. The second-order valence-corrected chi connectivity index (χ2v) is 13.3. The molecule has 0 saturated carbocycles. The van der Waals surface area contributed by atoms with E-state index in [1.54, 1.807) is 36.4 Å². The summed E-state index contributed by atoms with van der Waals surface area (Å²) < 4.78 is 36.1. The summed E-state index contributed by atoms with van der Waals surface area (Å²) in [7, 11) is -4.21. The number of nitrogen functional groups attached to an aromatic ring is 1. The fourth-order valence-electron chi connectivity index (χ4n) is 5.86. The van der Waals surface area contributed by atoms with Crippen LogP contribution in [-0.4, -0.2) is 43.1 Å². The summed E-state index contributed by atoms with van der Waals surface area (Å²) in [4.78, 5) is 29.6. The van der Waals surface area contributed by atoms with Crippen LogP contribution in [0.1, 0.15) is 27.8 Å². The van der Waals surface area contributed by atoms with Crippen LogP contribution in [0.5, 0.6) is 0 Å². The van der Waals surface area contributed by atoms with Gasteiger partial charge < -0.3 is 15.4 Å². The number of carbonyl (C=O) groups is 2. The van der Waals surface area contributed by atoms with Crippen LogP contribution in [0.3, 0.4) is 0 Å². The van der Waals surface area contributed by atoms with Gasteiger partial charge in [0.15, 0.2) is 0 Å². The summed E-state index contributed by atoms with van der Waals surface area (Å²) in [6.45, 7) is 0.136. The van der Waals surface area contributed by atoms with E-state index in [1.807, 2.05) is 78.9 Å². The van der Waals surface area contributed by atoms with E-state index in [1.165, 1.54) is 11.0 Å². The molecule has 0 bridgehead atoms. The lowest BCUT2D eigenvalue weighted by Crippen LogP contribution is -2.56. The number of benzene rings is 5. The standard InChI is InChI=1S/C37H34N4O5S/c38-35(39)30-16-8-11-26(19-30)20-33(40-47(44,45)32-18-17-27-12-4-5-13-28(27)21-32)36(42)41-23-31-15-7-6-14-29(31)22-34(41)37(43)46-24-25-9-2-1-3-10-25/h1-19,21,33-34,40H,20,22-24H2,(H3,38,39)/t33-,34+/m0/s1. The molecule has 1 aliphatic heterocycles. The van der Waals surface area contributed by atoms with Crippen LogP contribution in [-0.2, 0) is 50.3 Å². The summed E-state index contributed by atoms with van der Waals surface area (Å²) in [6.07, 6.45) is 0.177. The molecule has 2 atom stereocenters. The molecule has 5 aromatic rings. The molecule has 1 aliphatic rings. The van der Waals surface area contributed by atoms with Gasteiger partial charge in [-0.2, -0.15) is 4.72 Å². The number of amides is 1. The highest BCUT2D eigenvalue weighted by Crippen LogP contribution is 2.27. The smallest absolute Gasteiger partial charge is 0.329 e. The summed E-state index contributed by atoms with van der Waals surface area (Å²) in [6, 6.07) is 33.5. The molecule has 0 aromatic heterocycles. The lowest BCUT2D eigenvalue weighted by molar-refractivity contribution is -0.158. The van der Waals surface area contributed by atoms with Gasteiger partial charge in [-0.15, -0.1) is 0 Å². The van der Waals surface area contributed by atoms with Crippen molar-refractivity contribution >= 4 is 38.5 Å². The van der Waals surface area contributed by atoms with Crippen LogP contribution in [0.2, 0.25) is 0 Å². The Bertz CT molecular complexity index is 2070. The highest BCUT2D eigenvalue weighted by atomic mass is 32.2. The second-order valence-electron chi connectivity index (χ2n) is 11.5. The number of nitrogens with two attached hydrogens (primary N) is 1. The third-order valence-electron chi connectivity index (χ3n) is 8.33. The quantitative estimate of drug-likeness (QED) is 0.114. The minimum Gasteiger partial charge on any atom is -0.459 e. The summed E-state index contributed by atoms with van der Waals surface area (Å²) in [5.41, 5.74) is 9.35. The fourth-order valence-corrected chi connectivity index (χ4v) is 7.09. The maximum Gasteiger partial charge on any atom is 0.329 e. The molecule has 6 rings (SSSR count). The molecule has 0 spiro atoms. The maximum atomic E-state index is 14.6. The van der Waals surface area contributed by atoms with E-state index >= 15 is 0 Å². The summed E-state index contributed by atoms with van der Waals surface area (Å²) in [5.74, 6) is -1.30. The lowest BCUT2D eigenvalue weighted by Gasteiger charge is -2.37. The number of hydrogen-bond donors (Lipinski definition) is 3. The number of hydrogen-bond acceptors (Lipinski definition) is 6. The van der Waals surface area contributed by atoms with Crippen LogP contribution < -0.4 is 10.5 Å². The first-order chi connectivity index (χ1) is 22.7. The van der Waals surface area contributed by atoms with Crippen LogP contribution in [0.4, 0.5) is 0 Å². The van der Waals surface area contributed by atoms with E-state index in [4.69, 9.17) is 15.9 Å². The van der Waals surface area contributed by atoms with Crippen molar-refractivity contribution < 1.29 is 22.7 Å². The SMILES string of the molecule is N=C(N)c1cccc(C[C@H](NS(=O)(=O)c2ccc3ccccc3c2)C(=O)N2Cc3ccccc3C[C@@H]2C(=O)OCc2ccccc2)c1. The molecule has 9 nitrogen and oxygen atoms in total. The van der Waals surface area contributed by atoms with Crippen molar-refractivity contribution in [2.45, 2.75) is 43.0 Å². The minimum absolute atomic E-state index is 0.00861. The van der Waals surface area contributed by atoms with Crippen molar-refractivity contribution in [1.29, 1.82) is 5.41 Å². The zero-order chi connectivity index (χ0) is 33.0. The lowest BCUT2D eigenvalue weighted by atomic mass is 9.92. The monoisotopic (exact) mass is 646 g/mol. The van der Waals surface area contributed by atoms with E-state index in [-0.39, 0.29) is 36.7 Å². The molecule has 0 unspecified atom stereocenters. The molecule has 238 valence electrons. The van der Waals surface area contributed by atoms with Gasteiger partial charge in [0.1, 0.15) is 24.5 Å². The van der Waals surface area contributed by atoms with Gasteiger partial charge in [0, 0.05) is 18.5 Å². The van der Waals surface area contributed by atoms with Crippen molar-refractivity contribution in [3.63, 3.8) is 0 Å². The van der Waals surface area contributed by atoms with Gasteiger partial charge in [-0.1, -0.05) is 103 Å². The van der Waals surface area contributed by atoms with E-state index < -0.39 is 34.0 Å². The largest absolute Gasteiger partial charge is 0.459 e. The molecule has 0 aliphatic carbocycles. The molecular weight excluding hydrogens is 612 g/mol. The zero-order valence-corrected chi connectivity index (χ0v) is 26.3. The van der Waals surface area contributed by atoms with E-state index in [0.717, 1.165) is 27.5 Å². The number of nitrogens with one attached hydrogen (secondary N) is 2. The Kier molecular flexibility index (Phi) is 9.15. The Labute approximate surface area is 273 Å². The number of fused-ring (bicyclic) bond motifs is 2. The fraction of sp³-hybridized carbons (Fsp3) is 0.162. The van der Waals surface area contributed by atoms with Gasteiger partial charge in [-0.05, 0) is 57.6 Å². The van der Waals surface area contributed by atoms with E-state index in [0.29, 0.717) is 11.1 Å². The molecule has 1 heterocycles. The van der Waals surface area contributed by atoms with Crippen molar-refractivity contribution in [3.05, 3.63) is 149 Å². The Morgan fingerprint density at radius 2 is 1.51 bits per heavy atom. The first-order valence-corrected chi connectivity index (χ1v) is 16.7. The van der Waals surface area contributed by atoms with Gasteiger partial charge in [-0.25, -0.2) is 13.2 Å². The van der Waals surface area contributed by atoms with Gasteiger partial charge in [0.2, 0.25) is 15.9 Å². The molecule has 0 fully saturated rings. The van der Waals surface area contributed by atoms with Gasteiger partial charge >= 0.3 is 5.97 Å². The number of nitrogens with zero attached hydrogens (tertiary/aromatic N) is 1. The van der Waals surface area contributed by atoms with Crippen molar-refractivity contribution in [3.8, 4) is 0 Å². The number of rotatable bonds is 10. The molecule has 5 aromatic carbocycles. The van der Waals surface area contributed by atoms with Gasteiger partial charge in [0.25, 0.3) is 0 Å². The Hall–Kier alpha value is -5.32. The van der Waals surface area contributed by atoms with Gasteiger partial charge in [-0.3, -0.25) is 10.2 Å². The Balaban J connectivity index is 1.35. The molecular formula is C37H34N4O5S. The van der Waals surface area contributed by atoms with E-state index in [2.05, 4.69) is 4.72 Å². The van der Waals surface area contributed by atoms with Crippen LogP contribution >= 0.6 is 0 Å². The molecule has 10 heteroatoms. The Morgan fingerprint density at radius 3 is 2.28 bits per heavy atom. The molecule has 0 radical (unpaired) electrons. The van der Waals surface area contributed by atoms with Crippen LogP contribution in [0.25, 0.3) is 10.8 Å². The summed E-state index contributed by atoms with van der Waals surface area (Å²) in [5, 5.41) is 9.48. The first-order valence-electron chi connectivity index (χ1n) is 15.2. The van der Waals surface area contributed by atoms with Gasteiger partial charge in [0.05, 0.1) is 4.90 Å². The number of amidine groups is 1. The third-order valence-corrected chi connectivity index (χ3v) is 9.80. The second kappa shape index (κ2) is 13.6. The number of esters is 1. The highest BCUT2D eigenvalue weighted by molar-refractivity contribution is 7.89. The molecule has 1 amide bonds. The molecule has 0 saturated heterocycles. The number of sulfonamides is 1. The average molecular weight is 647 g/mol. The highest BCUT2D eigenvalue weighted by Gasteiger charge is 2.39. The van der Waals surface area contributed by atoms with Crippen molar-refractivity contribution in [2.75, 3.05) is 0 Å². The first kappa shape index (κ1) is 31.7. The van der Waals surface area contributed by atoms with Crippen LogP contribution in [0, 0.1) is 5.41 Å². The third kappa shape index (κ3) is 7.24. The minimum atomic E-state index is -4.21. The van der Waals surface area contributed by atoms with E-state index in [9.17, 15) is 18.0 Å². The topological polar surface area (TPSA) is 143 Å². The van der Waals surface area contributed by atoms with Crippen LogP contribution in [0.15, 0.2) is 126 Å². The molecule has 4 N–H and O–H groups in total. The Morgan fingerprint density at radius 1 is 0.830 bits per heavy atom. The molecule has 47 heavy (non-hydrogen) atoms. The number of carbonyl (C=O) groups excluding carboxylic acids is 2. The van der Waals surface area contributed by atoms with Crippen molar-refractivity contribution in [2.24, 2.45) is 5.73 Å². The zero-order valence-electron chi connectivity index (χ0n) is 25.5. The summed E-state index contributed by atoms with van der Waals surface area (Å²) >= 11 is 0. The average Bonchev–Trinajstić information content (AvgIpc) is 3.09. The predicted molar refractivity (Wildman–Crippen MR) is 180 cm³/mol. The normalized spacial score (nSPS) is 15.1. The maximum absolute atomic E-state index is 14.6.